The minimum Gasteiger partial charge on any atom is -0.388 e. The van der Waals surface area contributed by atoms with Crippen LogP contribution in [0.15, 0.2) is 12.4 Å². The monoisotopic (exact) mass is 178 g/mol. The Kier molecular flexibility index (Phi) is 1.94. The molecule has 0 radical (unpaired) electrons. The smallest absolute Gasteiger partial charge is 0.252 e. The number of aryl methyl sites for hydroxylation is 1. The van der Waals surface area contributed by atoms with E-state index in [4.69, 9.17) is 5.11 Å². The molecule has 0 amide bonds. The lowest BCUT2D eigenvalue weighted by molar-refractivity contribution is 0.271. The Morgan fingerprint density at radius 3 is 3.08 bits per heavy atom. The molecule has 2 heterocycles. The summed E-state index contributed by atoms with van der Waals surface area (Å²) >= 11 is 0. The molecule has 2 aromatic heterocycles. The standard InChI is InChI=1S/C8H10N4O/c1-2-6-3-9-8-10-7(5-13)11-12(8)4-6/h3-4,13H,2,5H2,1H3. The summed E-state index contributed by atoms with van der Waals surface area (Å²) in [5, 5.41) is 12.8. The van der Waals surface area contributed by atoms with E-state index >= 15 is 0 Å². The fourth-order valence-electron chi connectivity index (χ4n) is 1.11. The molecule has 0 aliphatic carbocycles. The summed E-state index contributed by atoms with van der Waals surface area (Å²) in [6.45, 7) is 1.90. The van der Waals surface area contributed by atoms with Crippen LogP contribution in [0.1, 0.15) is 18.3 Å². The van der Waals surface area contributed by atoms with Gasteiger partial charge in [0.1, 0.15) is 6.61 Å². The predicted molar refractivity (Wildman–Crippen MR) is 46.1 cm³/mol. The van der Waals surface area contributed by atoms with Crippen LogP contribution in [-0.4, -0.2) is 24.7 Å². The van der Waals surface area contributed by atoms with Crippen LogP contribution in [0.4, 0.5) is 0 Å². The molecule has 0 fully saturated rings. The van der Waals surface area contributed by atoms with E-state index in [1.807, 2.05) is 13.1 Å². The van der Waals surface area contributed by atoms with Crippen molar-refractivity contribution >= 4 is 5.78 Å². The highest BCUT2D eigenvalue weighted by atomic mass is 16.3. The number of hydrogen-bond donors (Lipinski definition) is 1. The first kappa shape index (κ1) is 8.12. The second-order valence-corrected chi connectivity index (χ2v) is 2.75. The lowest BCUT2D eigenvalue weighted by Crippen LogP contribution is -1.93. The van der Waals surface area contributed by atoms with Crippen LogP contribution in [-0.2, 0) is 13.0 Å². The Hall–Kier alpha value is -1.49. The molecule has 1 N–H and O–H groups in total. The van der Waals surface area contributed by atoms with Gasteiger partial charge in [0.05, 0.1) is 0 Å². The van der Waals surface area contributed by atoms with E-state index < -0.39 is 0 Å². The molecular weight excluding hydrogens is 168 g/mol. The van der Waals surface area contributed by atoms with Gasteiger partial charge in [-0.05, 0) is 12.0 Å². The molecule has 0 saturated heterocycles. The van der Waals surface area contributed by atoms with Crippen molar-refractivity contribution in [1.29, 1.82) is 0 Å². The zero-order chi connectivity index (χ0) is 9.26. The van der Waals surface area contributed by atoms with Crippen molar-refractivity contribution in [1.82, 2.24) is 19.6 Å². The highest BCUT2D eigenvalue weighted by Crippen LogP contribution is 2.01. The number of fused-ring (bicyclic) bond motifs is 1. The Bertz CT molecular complexity index is 421. The third-order valence-corrected chi connectivity index (χ3v) is 1.84. The van der Waals surface area contributed by atoms with Crippen LogP contribution < -0.4 is 0 Å². The second-order valence-electron chi connectivity index (χ2n) is 2.75. The highest BCUT2D eigenvalue weighted by Gasteiger charge is 2.02. The molecule has 2 aromatic rings. The molecule has 0 saturated carbocycles. The maximum absolute atomic E-state index is 8.80. The van der Waals surface area contributed by atoms with E-state index in [0.29, 0.717) is 11.6 Å². The van der Waals surface area contributed by atoms with Crippen molar-refractivity contribution < 1.29 is 5.11 Å². The number of aliphatic hydroxyl groups is 1. The Balaban J connectivity index is 2.57. The van der Waals surface area contributed by atoms with Crippen LogP contribution in [0, 0.1) is 0 Å². The van der Waals surface area contributed by atoms with Crippen molar-refractivity contribution in [2.45, 2.75) is 20.0 Å². The van der Waals surface area contributed by atoms with Gasteiger partial charge in [0.25, 0.3) is 5.78 Å². The molecule has 0 aromatic carbocycles. The summed E-state index contributed by atoms with van der Waals surface area (Å²) in [6.07, 6.45) is 4.55. The molecule has 0 aliphatic rings. The van der Waals surface area contributed by atoms with Gasteiger partial charge in [0.2, 0.25) is 0 Å². The molecule has 0 bridgehead atoms. The highest BCUT2D eigenvalue weighted by molar-refractivity contribution is 5.27. The first-order chi connectivity index (χ1) is 6.33. The summed E-state index contributed by atoms with van der Waals surface area (Å²) in [5.74, 6) is 0.932. The average Bonchev–Trinajstić information content (AvgIpc) is 2.58. The van der Waals surface area contributed by atoms with E-state index in [9.17, 15) is 0 Å². The molecule has 5 heteroatoms. The molecule has 0 spiro atoms. The van der Waals surface area contributed by atoms with Gasteiger partial charge in [0, 0.05) is 12.4 Å². The van der Waals surface area contributed by atoms with Crippen LogP contribution in [0.3, 0.4) is 0 Å². The van der Waals surface area contributed by atoms with Gasteiger partial charge in [-0.3, -0.25) is 0 Å². The maximum atomic E-state index is 8.80. The molecule has 0 aliphatic heterocycles. The van der Waals surface area contributed by atoms with E-state index in [1.165, 1.54) is 0 Å². The summed E-state index contributed by atoms with van der Waals surface area (Å²) < 4.78 is 1.59. The summed E-state index contributed by atoms with van der Waals surface area (Å²) in [7, 11) is 0. The number of rotatable bonds is 2. The van der Waals surface area contributed by atoms with Gasteiger partial charge in [-0.2, -0.15) is 4.98 Å². The second kappa shape index (κ2) is 3.10. The van der Waals surface area contributed by atoms with Gasteiger partial charge >= 0.3 is 0 Å². The topological polar surface area (TPSA) is 63.3 Å². The SMILES string of the molecule is CCc1cnc2nc(CO)nn2c1. The number of hydrogen-bond acceptors (Lipinski definition) is 4. The summed E-state index contributed by atoms with van der Waals surface area (Å²) in [4.78, 5) is 8.10. The van der Waals surface area contributed by atoms with Gasteiger partial charge in [-0.15, -0.1) is 5.10 Å². The van der Waals surface area contributed by atoms with E-state index in [-0.39, 0.29) is 6.61 Å². The molecule has 0 unspecified atom stereocenters. The summed E-state index contributed by atoms with van der Waals surface area (Å²) in [5.41, 5.74) is 1.10. The molecule has 0 atom stereocenters. The maximum Gasteiger partial charge on any atom is 0.252 e. The molecule has 5 nitrogen and oxygen atoms in total. The normalized spacial score (nSPS) is 10.9. The Morgan fingerprint density at radius 2 is 2.38 bits per heavy atom. The van der Waals surface area contributed by atoms with Crippen molar-refractivity contribution in [3.8, 4) is 0 Å². The van der Waals surface area contributed by atoms with Crippen molar-refractivity contribution in [3.63, 3.8) is 0 Å². The van der Waals surface area contributed by atoms with Gasteiger partial charge in [-0.25, -0.2) is 9.50 Å². The minimum absolute atomic E-state index is 0.148. The first-order valence-electron chi connectivity index (χ1n) is 4.14. The Morgan fingerprint density at radius 1 is 1.54 bits per heavy atom. The van der Waals surface area contributed by atoms with Crippen LogP contribution in [0.2, 0.25) is 0 Å². The number of nitrogens with zero attached hydrogens (tertiary/aromatic N) is 4. The Labute approximate surface area is 75.1 Å². The van der Waals surface area contributed by atoms with E-state index in [0.717, 1.165) is 12.0 Å². The van der Waals surface area contributed by atoms with Crippen molar-refractivity contribution in [2.24, 2.45) is 0 Å². The van der Waals surface area contributed by atoms with Crippen LogP contribution in [0.5, 0.6) is 0 Å². The van der Waals surface area contributed by atoms with Crippen LogP contribution in [0.25, 0.3) is 5.78 Å². The van der Waals surface area contributed by atoms with Gasteiger partial charge in [-0.1, -0.05) is 6.92 Å². The number of aromatic nitrogens is 4. The quantitative estimate of drug-likeness (QED) is 0.712. The fraction of sp³-hybridized carbons (Fsp3) is 0.375. The molecular formula is C8H10N4O. The van der Waals surface area contributed by atoms with Gasteiger partial charge in [0.15, 0.2) is 5.82 Å². The lowest BCUT2D eigenvalue weighted by atomic mass is 10.3. The zero-order valence-corrected chi connectivity index (χ0v) is 7.30. The third kappa shape index (κ3) is 1.38. The number of aliphatic hydroxyl groups excluding tert-OH is 1. The van der Waals surface area contributed by atoms with E-state index in [1.54, 1.807) is 10.7 Å². The minimum atomic E-state index is -0.148. The molecule has 68 valence electrons. The summed E-state index contributed by atoms with van der Waals surface area (Å²) in [6, 6.07) is 0. The van der Waals surface area contributed by atoms with E-state index in [2.05, 4.69) is 15.1 Å². The third-order valence-electron chi connectivity index (χ3n) is 1.84. The van der Waals surface area contributed by atoms with Gasteiger partial charge < -0.3 is 5.11 Å². The van der Waals surface area contributed by atoms with Crippen molar-refractivity contribution in [2.75, 3.05) is 0 Å². The molecule has 13 heavy (non-hydrogen) atoms. The lowest BCUT2D eigenvalue weighted by Gasteiger charge is -1.94. The average molecular weight is 178 g/mol. The zero-order valence-electron chi connectivity index (χ0n) is 7.30. The first-order valence-corrected chi connectivity index (χ1v) is 4.14. The van der Waals surface area contributed by atoms with Crippen LogP contribution >= 0.6 is 0 Å². The molecule has 2 rings (SSSR count). The predicted octanol–water partition coefficient (Wildman–Crippen LogP) is 0.179. The fourth-order valence-corrected chi connectivity index (χ4v) is 1.11. The van der Waals surface area contributed by atoms with Crippen molar-refractivity contribution in [3.05, 3.63) is 23.8 Å². The largest absolute Gasteiger partial charge is 0.388 e.